The number of nitrogen functional groups attached to an aromatic ring is 1. The van der Waals surface area contributed by atoms with E-state index in [4.69, 9.17) is 17.3 Å². The number of nitrogens with zero attached hydrogens (tertiary/aromatic N) is 2. The summed E-state index contributed by atoms with van der Waals surface area (Å²) in [5, 5.41) is 0.515. The van der Waals surface area contributed by atoms with Crippen LogP contribution in [-0.4, -0.2) is 41.2 Å². The number of hydrogen-bond donors (Lipinski definition) is 1. The molecule has 1 heterocycles. The first-order valence-electron chi connectivity index (χ1n) is 6.65. The highest BCUT2D eigenvalue weighted by Gasteiger charge is 2.32. The fourth-order valence-corrected chi connectivity index (χ4v) is 2.50. The SMILES string of the molecule is CCCN1CCN(Cc2ccc(N)cc2Cl)C(=O)C1=O. The van der Waals surface area contributed by atoms with Gasteiger partial charge in [-0.2, -0.15) is 0 Å². The van der Waals surface area contributed by atoms with Crippen LogP contribution in [0.25, 0.3) is 0 Å². The Morgan fingerprint density at radius 1 is 1.20 bits per heavy atom. The molecular formula is C14H18ClN3O2. The van der Waals surface area contributed by atoms with Gasteiger partial charge in [-0.05, 0) is 24.1 Å². The van der Waals surface area contributed by atoms with Crippen molar-refractivity contribution in [1.29, 1.82) is 0 Å². The lowest BCUT2D eigenvalue weighted by molar-refractivity contribution is -0.156. The Balaban J connectivity index is 2.07. The van der Waals surface area contributed by atoms with E-state index in [-0.39, 0.29) is 0 Å². The molecule has 2 rings (SSSR count). The number of amides is 2. The van der Waals surface area contributed by atoms with Crippen molar-refractivity contribution in [2.45, 2.75) is 19.9 Å². The lowest BCUT2D eigenvalue weighted by atomic mass is 10.1. The Hall–Kier alpha value is -1.75. The maximum Gasteiger partial charge on any atom is 0.312 e. The zero-order valence-electron chi connectivity index (χ0n) is 11.4. The van der Waals surface area contributed by atoms with Gasteiger partial charge in [0.05, 0.1) is 0 Å². The van der Waals surface area contributed by atoms with Gasteiger partial charge in [-0.25, -0.2) is 0 Å². The minimum absolute atomic E-state index is 0.337. The van der Waals surface area contributed by atoms with E-state index in [9.17, 15) is 9.59 Å². The summed E-state index contributed by atoms with van der Waals surface area (Å²) in [7, 11) is 0. The summed E-state index contributed by atoms with van der Waals surface area (Å²) in [6.45, 7) is 4.05. The molecular weight excluding hydrogens is 278 g/mol. The van der Waals surface area contributed by atoms with Crippen molar-refractivity contribution in [2.24, 2.45) is 0 Å². The van der Waals surface area contributed by atoms with Gasteiger partial charge in [-0.1, -0.05) is 24.6 Å². The molecule has 0 aliphatic carbocycles. The predicted molar refractivity (Wildman–Crippen MR) is 78.2 cm³/mol. The quantitative estimate of drug-likeness (QED) is 0.676. The molecule has 1 saturated heterocycles. The third-order valence-corrected chi connectivity index (χ3v) is 3.68. The first kappa shape index (κ1) is 14.7. The van der Waals surface area contributed by atoms with Crippen LogP contribution in [0.4, 0.5) is 5.69 Å². The van der Waals surface area contributed by atoms with Gasteiger partial charge < -0.3 is 15.5 Å². The number of benzene rings is 1. The van der Waals surface area contributed by atoms with Crippen molar-refractivity contribution in [1.82, 2.24) is 9.80 Å². The molecule has 0 spiro atoms. The molecule has 0 radical (unpaired) electrons. The van der Waals surface area contributed by atoms with E-state index in [1.54, 1.807) is 23.1 Å². The molecule has 0 unspecified atom stereocenters. The van der Waals surface area contributed by atoms with Crippen molar-refractivity contribution in [3.05, 3.63) is 28.8 Å². The molecule has 2 amide bonds. The van der Waals surface area contributed by atoms with Crippen LogP contribution in [0.15, 0.2) is 18.2 Å². The molecule has 2 N–H and O–H groups in total. The summed E-state index contributed by atoms with van der Waals surface area (Å²) in [6, 6.07) is 5.17. The van der Waals surface area contributed by atoms with E-state index in [1.165, 1.54) is 4.90 Å². The summed E-state index contributed by atoms with van der Waals surface area (Å²) in [4.78, 5) is 27.1. The first-order valence-corrected chi connectivity index (χ1v) is 7.02. The second-order valence-electron chi connectivity index (χ2n) is 4.87. The van der Waals surface area contributed by atoms with Crippen LogP contribution in [0.3, 0.4) is 0 Å². The molecule has 1 aromatic rings. The Kier molecular flexibility index (Phi) is 4.49. The Morgan fingerprint density at radius 3 is 2.50 bits per heavy atom. The van der Waals surface area contributed by atoms with Gasteiger partial charge in [0.2, 0.25) is 0 Å². The predicted octanol–water partition coefficient (Wildman–Crippen LogP) is 1.50. The number of anilines is 1. The molecule has 1 fully saturated rings. The smallest absolute Gasteiger partial charge is 0.312 e. The topological polar surface area (TPSA) is 66.6 Å². The van der Waals surface area contributed by atoms with Crippen LogP contribution in [0.5, 0.6) is 0 Å². The van der Waals surface area contributed by atoms with Gasteiger partial charge in [-0.15, -0.1) is 0 Å². The maximum atomic E-state index is 12.1. The van der Waals surface area contributed by atoms with Gasteiger partial charge in [0.15, 0.2) is 0 Å². The molecule has 108 valence electrons. The van der Waals surface area contributed by atoms with Crippen molar-refractivity contribution in [3.8, 4) is 0 Å². The number of carbonyl (C=O) groups is 2. The maximum absolute atomic E-state index is 12.1. The molecule has 20 heavy (non-hydrogen) atoms. The molecule has 0 aromatic heterocycles. The summed E-state index contributed by atoms with van der Waals surface area (Å²) in [5.41, 5.74) is 7.01. The van der Waals surface area contributed by atoms with E-state index in [0.29, 0.717) is 36.9 Å². The van der Waals surface area contributed by atoms with Crippen molar-refractivity contribution < 1.29 is 9.59 Å². The van der Waals surface area contributed by atoms with Gasteiger partial charge in [0.1, 0.15) is 0 Å². The second-order valence-corrected chi connectivity index (χ2v) is 5.28. The summed E-state index contributed by atoms with van der Waals surface area (Å²) < 4.78 is 0. The number of hydrogen-bond acceptors (Lipinski definition) is 3. The molecule has 5 nitrogen and oxygen atoms in total. The summed E-state index contributed by atoms with van der Waals surface area (Å²) in [6.07, 6.45) is 0.850. The monoisotopic (exact) mass is 295 g/mol. The molecule has 1 aliphatic heterocycles. The average Bonchev–Trinajstić information content (AvgIpc) is 2.41. The third kappa shape index (κ3) is 3.04. The Morgan fingerprint density at radius 2 is 1.85 bits per heavy atom. The number of piperazine rings is 1. The van der Waals surface area contributed by atoms with Crippen LogP contribution in [0.1, 0.15) is 18.9 Å². The lowest BCUT2D eigenvalue weighted by Gasteiger charge is -2.33. The highest BCUT2D eigenvalue weighted by Crippen LogP contribution is 2.21. The van der Waals surface area contributed by atoms with Gasteiger partial charge in [0.25, 0.3) is 0 Å². The first-order chi connectivity index (χ1) is 9.52. The van der Waals surface area contributed by atoms with Crippen LogP contribution in [0.2, 0.25) is 5.02 Å². The number of halogens is 1. The van der Waals surface area contributed by atoms with Crippen LogP contribution >= 0.6 is 11.6 Å². The zero-order chi connectivity index (χ0) is 14.7. The highest BCUT2D eigenvalue weighted by atomic mass is 35.5. The van der Waals surface area contributed by atoms with Gasteiger partial charge in [0, 0.05) is 36.9 Å². The zero-order valence-corrected chi connectivity index (χ0v) is 12.2. The van der Waals surface area contributed by atoms with Crippen LogP contribution in [0, 0.1) is 0 Å². The van der Waals surface area contributed by atoms with Crippen molar-refractivity contribution in [2.75, 3.05) is 25.4 Å². The fourth-order valence-electron chi connectivity index (χ4n) is 2.25. The van der Waals surface area contributed by atoms with E-state index < -0.39 is 11.8 Å². The standard InChI is InChI=1S/C14H18ClN3O2/c1-2-5-17-6-7-18(14(20)13(17)19)9-10-3-4-11(16)8-12(10)15/h3-4,8H,2,5-7,9,16H2,1H3. The number of nitrogens with two attached hydrogens (primary N) is 1. The Bertz CT molecular complexity index is 533. The lowest BCUT2D eigenvalue weighted by Crippen LogP contribution is -2.53. The molecule has 1 aromatic carbocycles. The van der Waals surface area contributed by atoms with E-state index in [2.05, 4.69) is 0 Å². The summed E-state index contributed by atoms with van der Waals surface area (Å²) in [5.74, 6) is -0.887. The van der Waals surface area contributed by atoms with Crippen molar-refractivity contribution >= 4 is 29.1 Å². The molecule has 0 atom stereocenters. The molecule has 6 heteroatoms. The van der Waals surface area contributed by atoms with Gasteiger partial charge in [-0.3, -0.25) is 9.59 Å². The Labute approximate surface area is 123 Å². The van der Waals surface area contributed by atoms with E-state index >= 15 is 0 Å². The average molecular weight is 296 g/mol. The second kappa shape index (κ2) is 6.13. The van der Waals surface area contributed by atoms with Crippen LogP contribution in [-0.2, 0) is 16.1 Å². The third-order valence-electron chi connectivity index (χ3n) is 3.33. The molecule has 0 bridgehead atoms. The highest BCUT2D eigenvalue weighted by molar-refractivity contribution is 6.35. The largest absolute Gasteiger partial charge is 0.399 e. The fraction of sp³-hybridized carbons (Fsp3) is 0.429. The minimum atomic E-state index is -0.461. The number of rotatable bonds is 4. The number of carbonyl (C=O) groups excluding carboxylic acids is 2. The normalized spacial score (nSPS) is 15.9. The van der Waals surface area contributed by atoms with Gasteiger partial charge >= 0.3 is 11.8 Å². The van der Waals surface area contributed by atoms with E-state index in [1.807, 2.05) is 6.92 Å². The minimum Gasteiger partial charge on any atom is -0.399 e. The van der Waals surface area contributed by atoms with Crippen molar-refractivity contribution in [3.63, 3.8) is 0 Å². The molecule has 1 aliphatic rings. The van der Waals surface area contributed by atoms with E-state index in [0.717, 1.165) is 12.0 Å². The molecule has 0 saturated carbocycles. The van der Waals surface area contributed by atoms with Crippen LogP contribution < -0.4 is 5.73 Å². The summed E-state index contributed by atoms with van der Waals surface area (Å²) >= 11 is 6.10.